The molecule has 0 radical (unpaired) electrons. The van der Waals surface area contributed by atoms with Gasteiger partial charge in [-0.25, -0.2) is 4.79 Å². The lowest BCUT2D eigenvalue weighted by Crippen LogP contribution is -2.48. The van der Waals surface area contributed by atoms with E-state index in [-0.39, 0.29) is 24.2 Å². The predicted octanol–water partition coefficient (Wildman–Crippen LogP) is 2.98. The van der Waals surface area contributed by atoms with E-state index in [1.54, 1.807) is 0 Å². The number of nitrogens with one attached hydrogen (secondary N) is 2. The molecule has 6 nitrogen and oxygen atoms in total. The molecule has 2 aromatic rings. The van der Waals surface area contributed by atoms with E-state index in [2.05, 4.69) is 10.6 Å². The van der Waals surface area contributed by atoms with Crippen molar-refractivity contribution in [2.75, 3.05) is 6.54 Å². The monoisotopic (exact) mass is 398 g/mol. The number of benzene rings is 2. The van der Waals surface area contributed by atoms with Crippen LogP contribution in [0.15, 0.2) is 42.5 Å². The second-order valence-electron chi connectivity index (χ2n) is 7.47. The predicted molar refractivity (Wildman–Crippen MR) is 113 cm³/mol. The third kappa shape index (κ3) is 6.31. The number of hydrogen-bond acceptors (Lipinski definition) is 4. The Hall–Kier alpha value is -2.89. The van der Waals surface area contributed by atoms with Crippen LogP contribution in [-0.2, 0) is 25.5 Å². The fourth-order valence-corrected chi connectivity index (χ4v) is 3.03. The van der Waals surface area contributed by atoms with Gasteiger partial charge >= 0.3 is 5.97 Å². The average Bonchev–Trinajstić information content (AvgIpc) is 2.70. The third-order valence-corrected chi connectivity index (χ3v) is 4.68. The van der Waals surface area contributed by atoms with E-state index in [1.165, 1.54) is 6.92 Å². The second-order valence-corrected chi connectivity index (χ2v) is 7.47. The number of carbonyl (C=O) groups is 3. The summed E-state index contributed by atoms with van der Waals surface area (Å²) < 4.78 is 5.29. The van der Waals surface area contributed by atoms with E-state index in [1.807, 2.05) is 63.2 Å². The normalized spacial score (nSPS) is 13.0. The van der Waals surface area contributed by atoms with Crippen LogP contribution in [0.5, 0.6) is 0 Å². The van der Waals surface area contributed by atoms with Gasteiger partial charge in [-0.05, 0) is 35.6 Å². The Labute approximate surface area is 172 Å². The van der Waals surface area contributed by atoms with Gasteiger partial charge in [0.1, 0.15) is 6.04 Å². The highest BCUT2D eigenvalue weighted by Gasteiger charge is 2.29. The second kappa shape index (κ2) is 10.6. The van der Waals surface area contributed by atoms with Crippen molar-refractivity contribution < 1.29 is 19.1 Å². The molecule has 0 unspecified atom stereocenters. The lowest BCUT2D eigenvalue weighted by molar-refractivity contribution is -0.158. The van der Waals surface area contributed by atoms with Crippen LogP contribution in [0.25, 0.3) is 10.8 Å². The molecule has 0 saturated carbocycles. The Morgan fingerprint density at radius 1 is 1.00 bits per heavy atom. The summed E-state index contributed by atoms with van der Waals surface area (Å²) in [4.78, 5) is 37.1. The smallest absolute Gasteiger partial charge is 0.329 e. The van der Waals surface area contributed by atoms with Crippen molar-refractivity contribution in [3.8, 4) is 0 Å². The topological polar surface area (TPSA) is 84.5 Å². The highest BCUT2D eigenvalue weighted by molar-refractivity contribution is 5.92. The van der Waals surface area contributed by atoms with Crippen LogP contribution in [0.3, 0.4) is 0 Å². The fraction of sp³-hybridized carbons (Fsp3) is 0.435. The fourth-order valence-electron chi connectivity index (χ4n) is 3.03. The number of ether oxygens (including phenoxy) is 1. The first-order valence-corrected chi connectivity index (χ1v) is 10.1. The Bertz CT molecular complexity index is 858. The van der Waals surface area contributed by atoms with Gasteiger partial charge in [-0.15, -0.1) is 0 Å². The van der Waals surface area contributed by atoms with E-state index in [4.69, 9.17) is 4.74 Å². The molecule has 2 amide bonds. The summed E-state index contributed by atoms with van der Waals surface area (Å²) >= 11 is 0. The number of esters is 1. The minimum atomic E-state index is -0.912. The van der Waals surface area contributed by atoms with E-state index < -0.39 is 18.1 Å². The minimum Gasteiger partial charge on any atom is -0.451 e. The van der Waals surface area contributed by atoms with Gasteiger partial charge in [0.2, 0.25) is 5.91 Å². The SMILES string of the molecule is CCCNC(=O)[C@H](C)OC(=O)[C@@H](NC(=O)Cc1cccc2ccccc12)C(C)C. The number of carbonyl (C=O) groups excluding carboxylic acids is 3. The van der Waals surface area contributed by atoms with Crippen LogP contribution in [0.1, 0.15) is 39.7 Å². The number of amides is 2. The first kappa shape index (κ1) is 22.4. The van der Waals surface area contributed by atoms with Crippen molar-refractivity contribution in [1.29, 1.82) is 0 Å². The van der Waals surface area contributed by atoms with E-state index >= 15 is 0 Å². The first-order valence-electron chi connectivity index (χ1n) is 10.1. The molecule has 29 heavy (non-hydrogen) atoms. The molecule has 2 aromatic carbocycles. The molecule has 0 saturated heterocycles. The Kier molecular flexibility index (Phi) is 8.19. The first-order chi connectivity index (χ1) is 13.8. The maximum atomic E-state index is 12.6. The highest BCUT2D eigenvalue weighted by Crippen LogP contribution is 2.19. The zero-order chi connectivity index (χ0) is 21.4. The van der Waals surface area contributed by atoms with Gasteiger partial charge in [0.15, 0.2) is 6.10 Å². The molecule has 6 heteroatoms. The molecule has 0 aliphatic rings. The maximum absolute atomic E-state index is 12.6. The van der Waals surface area contributed by atoms with Crippen molar-refractivity contribution in [3.63, 3.8) is 0 Å². The van der Waals surface area contributed by atoms with Crippen molar-refractivity contribution >= 4 is 28.6 Å². The highest BCUT2D eigenvalue weighted by atomic mass is 16.5. The van der Waals surface area contributed by atoms with Gasteiger partial charge in [-0.1, -0.05) is 63.2 Å². The molecule has 0 aliphatic carbocycles. The molecule has 2 N–H and O–H groups in total. The van der Waals surface area contributed by atoms with Crippen LogP contribution in [-0.4, -0.2) is 36.5 Å². The standard InChI is InChI=1S/C23H30N2O4/c1-5-13-24-22(27)16(4)29-23(28)21(15(2)3)25-20(26)14-18-11-8-10-17-9-6-7-12-19(17)18/h6-12,15-16,21H,5,13-14H2,1-4H3,(H,24,27)(H,25,26)/t16-,21-/m0/s1. The summed E-state index contributed by atoms with van der Waals surface area (Å²) in [6.07, 6.45) is 0.0422. The van der Waals surface area contributed by atoms with Gasteiger partial charge in [-0.2, -0.15) is 0 Å². The molecule has 0 bridgehead atoms. The lowest BCUT2D eigenvalue weighted by Gasteiger charge is -2.23. The van der Waals surface area contributed by atoms with Crippen LogP contribution in [0.4, 0.5) is 0 Å². The van der Waals surface area contributed by atoms with Crippen LogP contribution in [0.2, 0.25) is 0 Å². The van der Waals surface area contributed by atoms with Crippen molar-refractivity contribution in [2.45, 2.75) is 52.7 Å². The molecule has 0 aromatic heterocycles. The lowest BCUT2D eigenvalue weighted by atomic mass is 10.0. The third-order valence-electron chi connectivity index (χ3n) is 4.68. The molecule has 0 spiro atoms. The number of hydrogen-bond donors (Lipinski definition) is 2. The molecule has 2 rings (SSSR count). The van der Waals surface area contributed by atoms with Crippen molar-refractivity contribution in [3.05, 3.63) is 48.0 Å². The van der Waals surface area contributed by atoms with Crippen LogP contribution >= 0.6 is 0 Å². The molecule has 0 fully saturated rings. The largest absolute Gasteiger partial charge is 0.451 e. The summed E-state index contributed by atoms with van der Waals surface area (Å²) in [5.41, 5.74) is 0.892. The zero-order valence-corrected chi connectivity index (χ0v) is 17.5. The van der Waals surface area contributed by atoms with E-state index in [0.29, 0.717) is 6.54 Å². The number of fused-ring (bicyclic) bond motifs is 1. The Morgan fingerprint density at radius 3 is 2.38 bits per heavy atom. The molecule has 0 heterocycles. The van der Waals surface area contributed by atoms with Crippen LogP contribution < -0.4 is 10.6 Å². The number of rotatable bonds is 9. The molecular formula is C23H30N2O4. The summed E-state index contributed by atoms with van der Waals surface area (Å²) in [6.45, 7) is 7.64. The Balaban J connectivity index is 2.02. The quantitative estimate of drug-likeness (QED) is 0.636. The van der Waals surface area contributed by atoms with Gasteiger partial charge in [0.05, 0.1) is 6.42 Å². The summed E-state index contributed by atoms with van der Waals surface area (Å²) in [6, 6.07) is 12.9. The van der Waals surface area contributed by atoms with Gasteiger partial charge in [0.25, 0.3) is 5.91 Å². The van der Waals surface area contributed by atoms with Crippen molar-refractivity contribution in [1.82, 2.24) is 10.6 Å². The molecule has 156 valence electrons. The maximum Gasteiger partial charge on any atom is 0.329 e. The van der Waals surface area contributed by atoms with Crippen LogP contribution in [0, 0.1) is 5.92 Å². The Morgan fingerprint density at radius 2 is 1.69 bits per heavy atom. The molecular weight excluding hydrogens is 368 g/mol. The average molecular weight is 399 g/mol. The minimum absolute atomic E-state index is 0.157. The van der Waals surface area contributed by atoms with Gasteiger partial charge < -0.3 is 15.4 Å². The molecule has 2 atom stereocenters. The summed E-state index contributed by atoms with van der Waals surface area (Å²) in [5.74, 6) is -1.39. The molecule has 0 aliphatic heterocycles. The van der Waals surface area contributed by atoms with E-state index in [0.717, 1.165) is 22.8 Å². The van der Waals surface area contributed by atoms with Crippen molar-refractivity contribution in [2.24, 2.45) is 5.92 Å². The van der Waals surface area contributed by atoms with Gasteiger partial charge in [0, 0.05) is 6.54 Å². The zero-order valence-electron chi connectivity index (χ0n) is 17.5. The summed E-state index contributed by atoms with van der Waals surface area (Å²) in [7, 11) is 0. The van der Waals surface area contributed by atoms with E-state index in [9.17, 15) is 14.4 Å². The van der Waals surface area contributed by atoms with Gasteiger partial charge in [-0.3, -0.25) is 9.59 Å². The summed E-state index contributed by atoms with van der Waals surface area (Å²) in [5, 5.41) is 7.53.